The third-order valence-electron chi connectivity index (χ3n) is 7.74. The predicted octanol–water partition coefficient (Wildman–Crippen LogP) is 1.03. The number of ether oxygens (including phenoxy) is 1. The lowest BCUT2D eigenvalue weighted by Gasteiger charge is -2.33. The molecule has 3 aromatic heterocycles. The first kappa shape index (κ1) is 28.9. The molecule has 4 heterocycles. The normalized spacial score (nSPS) is 15.1. The summed E-state index contributed by atoms with van der Waals surface area (Å²) in [5.74, 6) is 5.87. The number of nitrogens with zero attached hydrogens (tertiary/aromatic N) is 6. The van der Waals surface area contributed by atoms with E-state index < -0.39 is 23.8 Å². The average molecular weight is 574 g/mol. The highest BCUT2D eigenvalue weighted by atomic mass is 16.5. The van der Waals surface area contributed by atoms with E-state index in [1.807, 2.05) is 13.1 Å². The molecule has 4 aromatic rings. The van der Waals surface area contributed by atoms with Gasteiger partial charge < -0.3 is 19.5 Å². The lowest BCUT2D eigenvalue weighted by atomic mass is 10.1. The molecule has 1 atom stereocenters. The van der Waals surface area contributed by atoms with Crippen LogP contribution in [0.2, 0.25) is 0 Å². The summed E-state index contributed by atoms with van der Waals surface area (Å²) in [5.41, 5.74) is 0.438. The van der Waals surface area contributed by atoms with Crippen LogP contribution in [0.25, 0.3) is 22.1 Å². The molecule has 0 radical (unpaired) electrons. The number of likely N-dealkylation sites (N-methyl/N-ethyl adjacent to an activating group) is 1. The monoisotopic (exact) mass is 573 g/mol. The maximum absolute atomic E-state index is 14.1. The molecule has 0 spiro atoms. The fourth-order valence-electron chi connectivity index (χ4n) is 5.56. The summed E-state index contributed by atoms with van der Waals surface area (Å²) in [6.45, 7) is 4.74. The van der Waals surface area contributed by atoms with Crippen molar-refractivity contribution < 1.29 is 9.53 Å². The van der Waals surface area contributed by atoms with E-state index in [-0.39, 0.29) is 42.5 Å². The van der Waals surface area contributed by atoms with Crippen molar-refractivity contribution in [3.8, 4) is 11.8 Å². The van der Waals surface area contributed by atoms with Crippen LogP contribution in [0.4, 0.5) is 5.95 Å². The van der Waals surface area contributed by atoms with Crippen LogP contribution in [0.5, 0.6) is 0 Å². The number of anilines is 1. The summed E-state index contributed by atoms with van der Waals surface area (Å²) in [5, 5.41) is 4.12. The van der Waals surface area contributed by atoms with Crippen molar-refractivity contribution in [1.82, 2.24) is 28.6 Å². The quantitative estimate of drug-likeness (QED) is 0.245. The molecule has 0 amide bonds. The Morgan fingerprint density at radius 3 is 2.69 bits per heavy atom. The smallest absolute Gasteiger partial charge is 0.333 e. The minimum absolute atomic E-state index is 0.0409. The molecule has 0 bridgehead atoms. The first-order chi connectivity index (χ1) is 20.3. The standard InChI is InChI=1S/C30H35N7O5/c1-5-7-15-35-26-27(32-29(35)34-14-8-9-22(18-34)31-3)36(19-25(39)42-6-2)30(41)37(28(26)40)17-20-10-12-23-21(16-20)11-13-24(38)33(23)4/h10-13,16,22,31H,6,8-9,14-15,17-19H2,1-4H3. The van der Waals surface area contributed by atoms with Crippen LogP contribution in [0.3, 0.4) is 0 Å². The first-order valence-corrected chi connectivity index (χ1v) is 14.1. The van der Waals surface area contributed by atoms with E-state index in [2.05, 4.69) is 22.1 Å². The molecule has 1 N–H and O–H groups in total. The zero-order valence-corrected chi connectivity index (χ0v) is 24.3. The third kappa shape index (κ3) is 5.35. The van der Waals surface area contributed by atoms with Crippen molar-refractivity contribution in [3.05, 3.63) is 67.1 Å². The second-order valence-electron chi connectivity index (χ2n) is 10.4. The number of carbonyl (C=O) groups excluding carboxylic acids is 1. The van der Waals surface area contributed by atoms with E-state index in [0.29, 0.717) is 18.1 Å². The number of pyridine rings is 1. The number of piperidine rings is 1. The summed E-state index contributed by atoms with van der Waals surface area (Å²) >= 11 is 0. The van der Waals surface area contributed by atoms with Gasteiger partial charge in [-0.05, 0) is 62.9 Å². The molecule has 1 saturated heterocycles. The van der Waals surface area contributed by atoms with Gasteiger partial charge in [0.15, 0.2) is 11.2 Å². The number of nitrogens with one attached hydrogen (secondary N) is 1. The van der Waals surface area contributed by atoms with E-state index in [4.69, 9.17) is 9.72 Å². The number of benzene rings is 1. The minimum atomic E-state index is -0.661. The highest BCUT2D eigenvalue weighted by molar-refractivity contribution is 5.80. The van der Waals surface area contributed by atoms with Crippen LogP contribution in [0.15, 0.2) is 44.7 Å². The molecule has 0 aliphatic carbocycles. The third-order valence-corrected chi connectivity index (χ3v) is 7.74. The van der Waals surface area contributed by atoms with Gasteiger partial charge in [-0.1, -0.05) is 12.0 Å². The number of hydrogen-bond donors (Lipinski definition) is 1. The molecule has 220 valence electrons. The molecule has 12 heteroatoms. The fourth-order valence-corrected chi connectivity index (χ4v) is 5.56. The van der Waals surface area contributed by atoms with Gasteiger partial charge in [0, 0.05) is 32.2 Å². The Balaban J connectivity index is 1.72. The Morgan fingerprint density at radius 1 is 1.14 bits per heavy atom. The fraction of sp³-hybridized carbons (Fsp3) is 0.433. The number of fused-ring (bicyclic) bond motifs is 2. The highest BCUT2D eigenvalue weighted by Gasteiger charge is 2.28. The molecule has 42 heavy (non-hydrogen) atoms. The number of hydrogen-bond acceptors (Lipinski definition) is 8. The van der Waals surface area contributed by atoms with Crippen LogP contribution < -0.4 is 27.0 Å². The Labute approximate surface area is 242 Å². The maximum atomic E-state index is 14.1. The largest absolute Gasteiger partial charge is 0.465 e. The van der Waals surface area contributed by atoms with Gasteiger partial charge in [-0.2, -0.15) is 4.98 Å². The van der Waals surface area contributed by atoms with Gasteiger partial charge in [-0.15, -0.1) is 5.92 Å². The molecule has 1 unspecified atom stereocenters. The molecule has 1 fully saturated rings. The Hall–Kier alpha value is -4.63. The number of aromatic nitrogens is 5. The minimum Gasteiger partial charge on any atom is -0.465 e. The number of carbonyl (C=O) groups is 1. The van der Waals surface area contributed by atoms with Crippen LogP contribution in [0, 0.1) is 11.8 Å². The van der Waals surface area contributed by atoms with Crippen molar-refractivity contribution in [1.29, 1.82) is 0 Å². The van der Waals surface area contributed by atoms with Crippen molar-refractivity contribution in [3.63, 3.8) is 0 Å². The van der Waals surface area contributed by atoms with Crippen LogP contribution in [0.1, 0.15) is 32.3 Å². The van der Waals surface area contributed by atoms with Gasteiger partial charge >= 0.3 is 11.7 Å². The Morgan fingerprint density at radius 2 is 1.95 bits per heavy atom. The number of esters is 1. The van der Waals surface area contributed by atoms with Gasteiger partial charge in [0.05, 0.1) is 25.2 Å². The van der Waals surface area contributed by atoms with E-state index >= 15 is 0 Å². The molecule has 12 nitrogen and oxygen atoms in total. The van der Waals surface area contributed by atoms with Crippen LogP contribution >= 0.6 is 0 Å². The lowest BCUT2D eigenvalue weighted by molar-refractivity contribution is -0.143. The second kappa shape index (κ2) is 12.1. The zero-order valence-electron chi connectivity index (χ0n) is 24.3. The summed E-state index contributed by atoms with van der Waals surface area (Å²) < 4.78 is 10.8. The summed E-state index contributed by atoms with van der Waals surface area (Å²) in [6.07, 6.45) is 1.95. The lowest BCUT2D eigenvalue weighted by Crippen LogP contribution is -2.45. The molecule has 0 saturated carbocycles. The molecule has 1 aliphatic rings. The maximum Gasteiger partial charge on any atom is 0.333 e. The number of rotatable bonds is 8. The van der Waals surface area contributed by atoms with Gasteiger partial charge in [-0.25, -0.2) is 4.79 Å². The van der Waals surface area contributed by atoms with E-state index in [0.717, 1.165) is 34.9 Å². The number of aryl methyl sites for hydroxylation is 1. The molecule has 1 aromatic carbocycles. The summed E-state index contributed by atoms with van der Waals surface area (Å²) in [4.78, 5) is 59.6. The molecule has 1 aliphatic heterocycles. The van der Waals surface area contributed by atoms with Gasteiger partial charge in [0.25, 0.3) is 11.1 Å². The molecular formula is C30H35N7O5. The molecule has 5 rings (SSSR count). The zero-order chi connectivity index (χ0) is 30.0. The van der Waals surface area contributed by atoms with Gasteiger partial charge in [-0.3, -0.25) is 28.1 Å². The van der Waals surface area contributed by atoms with Crippen LogP contribution in [-0.2, 0) is 36.2 Å². The van der Waals surface area contributed by atoms with Crippen molar-refractivity contribution in [2.75, 3.05) is 31.6 Å². The van der Waals surface area contributed by atoms with Crippen molar-refractivity contribution in [2.24, 2.45) is 7.05 Å². The number of imidazole rings is 1. The van der Waals surface area contributed by atoms with Crippen LogP contribution in [-0.4, -0.2) is 62.0 Å². The van der Waals surface area contributed by atoms with Gasteiger partial charge in [0.1, 0.15) is 6.54 Å². The Kier molecular flexibility index (Phi) is 8.31. The summed E-state index contributed by atoms with van der Waals surface area (Å²) in [7, 11) is 3.61. The highest BCUT2D eigenvalue weighted by Crippen LogP contribution is 2.24. The predicted molar refractivity (Wildman–Crippen MR) is 161 cm³/mol. The van der Waals surface area contributed by atoms with E-state index in [1.54, 1.807) is 43.7 Å². The van der Waals surface area contributed by atoms with E-state index in [1.165, 1.54) is 15.2 Å². The topological polar surface area (TPSA) is 125 Å². The van der Waals surface area contributed by atoms with E-state index in [9.17, 15) is 19.2 Å². The first-order valence-electron chi connectivity index (χ1n) is 14.1. The van der Waals surface area contributed by atoms with Crippen molar-refractivity contribution in [2.45, 2.75) is 52.4 Å². The average Bonchev–Trinajstić information content (AvgIpc) is 3.38. The molecular weight excluding hydrogens is 538 g/mol. The van der Waals surface area contributed by atoms with Crippen molar-refractivity contribution >= 4 is 34.0 Å². The Bertz CT molecular complexity index is 1900. The SMILES string of the molecule is CC#CCn1c(N2CCCC(NC)C2)nc2c1c(=O)n(Cc1ccc3c(ccc(=O)n3C)c1)c(=O)n2CC(=O)OCC. The van der Waals surface area contributed by atoms with Gasteiger partial charge in [0.2, 0.25) is 5.95 Å². The second-order valence-corrected chi connectivity index (χ2v) is 10.4. The summed E-state index contributed by atoms with van der Waals surface area (Å²) in [6, 6.07) is 8.86.